The molecule has 0 N–H and O–H groups in total. The van der Waals surface area contributed by atoms with Crippen LogP contribution in [-0.4, -0.2) is 16.4 Å². The second-order valence-corrected chi connectivity index (χ2v) is 4.31. The van der Waals surface area contributed by atoms with E-state index in [-0.39, 0.29) is 0 Å². The van der Waals surface area contributed by atoms with E-state index < -0.39 is 0 Å². The van der Waals surface area contributed by atoms with E-state index in [1.165, 1.54) is 0 Å². The van der Waals surface area contributed by atoms with Gasteiger partial charge < -0.3 is 4.74 Å². The second-order valence-electron chi connectivity index (χ2n) is 3.87. The standard InChI is InChI=1S/C13H12ClN3O/c1-17-9-10(8-16-17)4-5-18-13-6-12(14)3-2-11(13)7-15/h2-3,6,8-9H,4-5H2,1H3. The van der Waals surface area contributed by atoms with Gasteiger partial charge in [0, 0.05) is 30.8 Å². The zero-order chi connectivity index (χ0) is 13.0. The fraction of sp³-hybridized carbons (Fsp3) is 0.231. The Labute approximate surface area is 110 Å². The summed E-state index contributed by atoms with van der Waals surface area (Å²) in [6.07, 6.45) is 4.48. The first kappa shape index (κ1) is 12.5. The van der Waals surface area contributed by atoms with Gasteiger partial charge in [-0.15, -0.1) is 0 Å². The lowest BCUT2D eigenvalue weighted by atomic mass is 10.2. The summed E-state index contributed by atoms with van der Waals surface area (Å²) in [7, 11) is 1.87. The summed E-state index contributed by atoms with van der Waals surface area (Å²) in [4.78, 5) is 0. The third-order valence-corrected chi connectivity index (χ3v) is 2.71. The molecule has 0 saturated carbocycles. The summed E-state index contributed by atoms with van der Waals surface area (Å²) < 4.78 is 7.32. The predicted molar refractivity (Wildman–Crippen MR) is 68.6 cm³/mol. The van der Waals surface area contributed by atoms with Crippen molar-refractivity contribution in [3.8, 4) is 11.8 Å². The van der Waals surface area contributed by atoms with Crippen LogP contribution in [0.1, 0.15) is 11.1 Å². The lowest BCUT2D eigenvalue weighted by Crippen LogP contribution is -2.02. The van der Waals surface area contributed by atoms with E-state index >= 15 is 0 Å². The van der Waals surface area contributed by atoms with Crippen LogP contribution in [0.2, 0.25) is 5.02 Å². The number of halogens is 1. The zero-order valence-electron chi connectivity index (χ0n) is 9.93. The molecule has 18 heavy (non-hydrogen) atoms. The third-order valence-electron chi connectivity index (χ3n) is 2.47. The minimum Gasteiger partial charge on any atom is -0.492 e. The molecular formula is C13H12ClN3O. The number of hydrogen-bond donors (Lipinski definition) is 0. The van der Waals surface area contributed by atoms with Gasteiger partial charge >= 0.3 is 0 Å². The van der Waals surface area contributed by atoms with Gasteiger partial charge in [0.2, 0.25) is 0 Å². The number of nitriles is 1. The zero-order valence-corrected chi connectivity index (χ0v) is 10.7. The Morgan fingerprint density at radius 2 is 2.33 bits per heavy atom. The Morgan fingerprint density at radius 1 is 1.50 bits per heavy atom. The van der Waals surface area contributed by atoms with Crippen molar-refractivity contribution in [2.75, 3.05) is 6.61 Å². The highest BCUT2D eigenvalue weighted by molar-refractivity contribution is 6.30. The smallest absolute Gasteiger partial charge is 0.138 e. The number of rotatable bonds is 4. The highest BCUT2D eigenvalue weighted by atomic mass is 35.5. The van der Waals surface area contributed by atoms with E-state index in [1.807, 2.05) is 13.2 Å². The monoisotopic (exact) mass is 261 g/mol. The van der Waals surface area contributed by atoms with Crippen molar-refractivity contribution in [1.29, 1.82) is 5.26 Å². The van der Waals surface area contributed by atoms with Gasteiger partial charge in [0.1, 0.15) is 11.8 Å². The van der Waals surface area contributed by atoms with E-state index in [1.54, 1.807) is 29.1 Å². The maximum Gasteiger partial charge on any atom is 0.138 e. The Hall–Kier alpha value is -1.99. The molecule has 0 atom stereocenters. The molecule has 1 aromatic heterocycles. The SMILES string of the molecule is Cn1cc(CCOc2cc(Cl)ccc2C#N)cn1. The molecule has 2 rings (SSSR count). The lowest BCUT2D eigenvalue weighted by molar-refractivity contribution is 0.321. The molecular weight excluding hydrogens is 250 g/mol. The Balaban J connectivity index is 1.98. The van der Waals surface area contributed by atoms with Gasteiger partial charge in [0.05, 0.1) is 18.4 Å². The Kier molecular flexibility index (Phi) is 3.85. The molecule has 0 aliphatic heterocycles. The quantitative estimate of drug-likeness (QED) is 0.850. The number of ether oxygens (including phenoxy) is 1. The molecule has 0 aliphatic carbocycles. The van der Waals surface area contributed by atoms with Gasteiger partial charge in [0.15, 0.2) is 0 Å². The maximum absolute atomic E-state index is 8.94. The summed E-state index contributed by atoms with van der Waals surface area (Å²) in [5.74, 6) is 0.522. The summed E-state index contributed by atoms with van der Waals surface area (Å²) in [6, 6.07) is 7.06. The van der Waals surface area contributed by atoms with Gasteiger partial charge in [-0.2, -0.15) is 10.4 Å². The molecule has 1 heterocycles. The van der Waals surface area contributed by atoms with E-state index in [9.17, 15) is 0 Å². The van der Waals surface area contributed by atoms with Crippen LogP contribution in [0.3, 0.4) is 0 Å². The van der Waals surface area contributed by atoms with Crippen molar-refractivity contribution in [2.24, 2.45) is 7.05 Å². The van der Waals surface area contributed by atoms with E-state index in [2.05, 4.69) is 11.2 Å². The number of benzene rings is 1. The average Bonchev–Trinajstić information content (AvgIpc) is 2.75. The molecule has 2 aromatic rings. The van der Waals surface area contributed by atoms with Crippen molar-refractivity contribution in [1.82, 2.24) is 9.78 Å². The number of nitrogens with zero attached hydrogens (tertiary/aromatic N) is 3. The van der Waals surface area contributed by atoms with Crippen molar-refractivity contribution in [2.45, 2.75) is 6.42 Å². The van der Waals surface area contributed by atoms with Crippen LogP contribution in [0.5, 0.6) is 5.75 Å². The van der Waals surface area contributed by atoms with Crippen LogP contribution in [0.25, 0.3) is 0 Å². The first-order valence-corrected chi connectivity index (χ1v) is 5.87. The average molecular weight is 262 g/mol. The van der Waals surface area contributed by atoms with E-state index in [0.717, 1.165) is 12.0 Å². The van der Waals surface area contributed by atoms with Gasteiger partial charge in [-0.25, -0.2) is 0 Å². The predicted octanol–water partition coefficient (Wildman–Crippen LogP) is 2.57. The summed E-state index contributed by atoms with van der Waals surface area (Å²) in [6.45, 7) is 0.487. The molecule has 0 radical (unpaired) electrons. The van der Waals surface area contributed by atoms with E-state index in [4.69, 9.17) is 21.6 Å². The second kappa shape index (κ2) is 5.56. The van der Waals surface area contributed by atoms with Crippen LogP contribution in [0.15, 0.2) is 30.6 Å². The lowest BCUT2D eigenvalue weighted by Gasteiger charge is -2.07. The first-order valence-electron chi connectivity index (χ1n) is 5.49. The van der Waals surface area contributed by atoms with Crippen LogP contribution >= 0.6 is 11.6 Å². The number of hydrogen-bond acceptors (Lipinski definition) is 3. The fourth-order valence-corrected chi connectivity index (χ4v) is 1.75. The summed E-state index contributed by atoms with van der Waals surface area (Å²) in [5, 5.41) is 13.6. The molecule has 0 bridgehead atoms. The van der Waals surface area contributed by atoms with Crippen LogP contribution in [0.4, 0.5) is 0 Å². The highest BCUT2D eigenvalue weighted by Crippen LogP contribution is 2.22. The molecule has 5 heteroatoms. The minimum absolute atomic E-state index is 0.487. The van der Waals surface area contributed by atoms with Crippen LogP contribution in [0, 0.1) is 11.3 Å². The number of aromatic nitrogens is 2. The first-order chi connectivity index (χ1) is 8.69. The Bertz CT molecular complexity index is 586. The van der Waals surface area contributed by atoms with Crippen molar-refractivity contribution < 1.29 is 4.74 Å². The van der Waals surface area contributed by atoms with Crippen LogP contribution < -0.4 is 4.74 Å². The number of aryl methyl sites for hydroxylation is 1. The molecule has 0 amide bonds. The van der Waals surface area contributed by atoms with Gasteiger partial charge in [0.25, 0.3) is 0 Å². The third kappa shape index (κ3) is 3.02. The molecule has 0 saturated heterocycles. The molecule has 0 unspecified atom stereocenters. The van der Waals surface area contributed by atoms with Gasteiger partial charge in [-0.1, -0.05) is 11.6 Å². The normalized spacial score (nSPS) is 10.1. The van der Waals surface area contributed by atoms with Crippen LogP contribution in [-0.2, 0) is 13.5 Å². The Morgan fingerprint density at radius 3 is 3.00 bits per heavy atom. The molecule has 0 spiro atoms. The van der Waals surface area contributed by atoms with Crippen molar-refractivity contribution in [3.05, 3.63) is 46.7 Å². The van der Waals surface area contributed by atoms with Gasteiger partial charge in [-0.05, 0) is 17.7 Å². The largest absolute Gasteiger partial charge is 0.492 e. The topological polar surface area (TPSA) is 50.8 Å². The molecule has 0 fully saturated rings. The molecule has 92 valence electrons. The van der Waals surface area contributed by atoms with E-state index in [0.29, 0.717) is 22.9 Å². The minimum atomic E-state index is 0.487. The summed E-state index contributed by atoms with van der Waals surface area (Å²) in [5.41, 5.74) is 1.59. The summed E-state index contributed by atoms with van der Waals surface area (Å²) >= 11 is 5.87. The van der Waals surface area contributed by atoms with Gasteiger partial charge in [-0.3, -0.25) is 4.68 Å². The highest BCUT2D eigenvalue weighted by Gasteiger charge is 2.04. The molecule has 4 nitrogen and oxygen atoms in total. The molecule has 0 aliphatic rings. The maximum atomic E-state index is 8.94. The van der Waals surface area contributed by atoms with Crippen molar-refractivity contribution >= 4 is 11.6 Å². The van der Waals surface area contributed by atoms with Crippen molar-refractivity contribution in [3.63, 3.8) is 0 Å². The fourth-order valence-electron chi connectivity index (χ4n) is 1.59. The molecule has 1 aromatic carbocycles.